The second kappa shape index (κ2) is 10.3. The third-order valence-electron chi connectivity index (χ3n) is 5.45. The lowest BCUT2D eigenvalue weighted by molar-refractivity contribution is -0.118. The number of aromatic nitrogens is 4. The van der Waals surface area contributed by atoms with E-state index < -0.39 is 0 Å². The minimum Gasteiger partial charge on any atom is -0.488 e. The summed E-state index contributed by atoms with van der Waals surface area (Å²) in [6, 6.07) is 5.16. The van der Waals surface area contributed by atoms with Gasteiger partial charge in [-0.1, -0.05) is 11.3 Å². The van der Waals surface area contributed by atoms with Gasteiger partial charge in [0.1, 0.15) is 17.1 Å². The van der Waals surface area contributed by atoms with Gasteiger partial charge in [0.05, 0.1) is 38.0 Å². The molecule has 2 fully saturated rings. The van der Waals surface area contributed by atoms with Crippen molar-refractivity contribution in [3.63, 3.8) is 0 Å². The van der Waals surface area contributed by atoms with Gasteiger partial charge in [0.2, 0.25) is 5.91 Å². The fourth-order valence-electron chi connectivity index (χ4n) is 3.51. The minimum atomic E-state index is -0.147. The van der Waals surface area contributed by atoms with Crippen molar-refractivity contribution in [3.05, 3.63) is 47.5 Å². The smallest absolute Gasteiger partial charge is 0.238 e. The minimum absolute atomic E-state index is 0.106. The molecule has 1 aliphatic heterocycles. The number of nitrogens with zero attached hydrogens (tertiary/aromatic N) is 5. The van der Waals surface area contributed by atoms with Crippen molar-refractivity contribution in [1.82, 2.24) is 25.1 Å². The molecule has 3 heterocycles. The highest BCUT2D eigenvalue weighted by Crippen LogP contribution is 2.33. The van der Waals surface area contributed by atoms with Crippen molar-refractivity contribution in [3.8, 4) is 16.3 Å². The van der Waals surface area contributed by atoms with E-state index in [0.29, 0.717) is 40.2 Å². The molecular weight excluding hydrogens is 456 g/mol. The van der Waals surface area contributed by atoms with Crippen LogP contribution in [0, 0.1) is 0 Å². The Balaban J connectivity index is 1.28. The number of nitrogens with one attached hydrogen (secondary N) is 1. The normalized spacial score (nSPS) is 16.2. The van der Waals surface area contributed by atoms with Gasteiger partial charge < -0.3 is 14.8 Å². The van der Waals surface area contributed by atoms with E-state index in [9.17, 15) is 9.59 Å². The van der Waals surface area contributed by atoms with Gasteiger partial charge in [-0.25, -0.2) is 9.97 Å². The predicted octanol–water partition coefficient (Wildman–Crippen LogP) is 2.23. The SMILES string of the molecule is O=C(CN1CCOCC1)Nc1cc(C(=O)Cc2nnc(-c3cncnc3)s2)ccc1OC1CC1. The lowest BCUT2D eigenvalue weighted by Gasteiger charge is -2.26. The monoisotopic (exact) mass is 480 g/mol. The maximum atomic E-state index is 13.0. The average Bonchev–Trinajstić information content (AvgIpc) is 3.56. The summed E-state index contributed by atoms with van der Waals surface area (Å²) in [5.74, 6) is 0.316. The van der Waals surface area contributed by atoms with Gasteiger partial charge >= 0.3 is 0 Å². The topological polar surface area (TPSA) is 119 Å². The molecule has 1 aromatic carbocycles. The zero-order valence-electron chi connectivity index (χ0n) is 18.5. The van der Waals surface area contributed by atoms with Crippen LogP contribution in [0.15, 0.2) is 36.9 Å². The molecule has 10 nitrogen and oxygen atoms in total. The molecule has 176 valence electrons. The van der Waals surface area contributed by atoms with Crippen LogP contribution in [0.3, 0.4) is 0 Å². The summed E-state index contributed by atoms with van der Waals surface area (Å²) >= 11 is 1.33. The summed E-state index contributed by atoms with van der Waals surface area (Å²) in [7, 11) is 0. The maximum absolute atomic E-state index is 13.0. The number of Topliss-reactive ketones (excluding diaryl/α,β-unsaturated/α-hetero) is 1. The molecule has 0 bridgehead atoms. The fraction of sp³-hybridized carbons (Fsp3) is 0.391. The molecule has 1 N–H and O–H groups in total. The summed E-state index contributed by atoms with van der Waals surface area (Å²) in [6.07, 6.45) is 7.02. The van der Waals surface area contributed by atoms with Crippen molar-refractivity contribution in [2.24, 2.45) is 0 Å². The van der Waals surface area contributed by atoms with Crippen molar-refractivity contribution >= 4 is 28.7 Å². The molecule has 1 amide bonds. The van der Waals surface area contributed by atoms with Crippen LogP contribution in [0.25, 0.3) is 10.6 Å². The van der Waals surface area contributed by atoms with E-state index in [2.05, 4.69) is 25.5 Å². The molecule has 5 rings (SSSR count). The maximum Gasteiger partial charge on any atom is 0.238 e. The predicted molar refractivity (Wildman–Crippen MR) is 125 cm³/mol. The Labute approximate surface area is 200 Å². The standard InChI is InChI=1S/C23H24N6O4S/c30-19(10-22-27-28-23(34-22)16-11-24-14-25-12-16)15-1-4-20(33-17-2-3-17)18(9-15)26-21(31)13-29-5-7-32-8-6-29/h1,4,9,11-12,14,17H,2-3,5-8,10,13H2,(H,26,31). The van der Waals surface area contributed by atoms with Crippen LogP contribution >= 0.6 is 11.3 Å². The van der Waals surface area contributed by atoms with Crippen LogP contribution in [-0.4, -0.2) is 75.7 Å². The molecule has 3 aromatic rings. The number of rotatable bonds is 9. The summed E-state index contributed by atoms with van der Waals surface area (Å²) in [5.41, 5.74) is 1.74. The third-order valence-corrected chi connectivity index (χ3v) is 6.42. The molecule has 0 atom stereocenters. The second-order valence-electron chi connectivity index (χ2n) is 8.19. The summed E-state index contributed by atoms with van der Waals surface area (Å²) in [6.45, 7) is 2.95. The van der Waals surface area contributed by atoms with E-state index in [0.717, 1.165) is 31.5 Å². The molecule has 0 unspecified atom stereocenters. The fourth-order valence-corrected chi connectivity index (χ4v) is 4.33. The first kappa shape index (κ1) is 22.5. The number of morpholine rings is 1. The van der Waals surface area contributed by atoms with Gasteiger partial charge in [0, 0.05) is 36.6 Å². The highest BCUT2D eigenvalue weighted by Gasteiger charge is 2.26. The van der Waals surface area contributed by atoms with Gasteiger partial charge in [-0.2, -0.15) is 0 Å². The molecule has 11 heteroatoms. The number of carbonyl (C=O) groups excluding carboxylic acids is 2. The number of carbonyl (C=O) groups is 2. The Morgan fingerprint density at radius 2 is 1.94 bits per heavy atom. The van der Waals surface area contributed by atoms with E-state index in [1.165, 1.54) is 17.7 Å². The Bertz CT molecular complexity index is 1160. The van der Waals surface area contributed by atoms with E-state index >= 15 is 0 Å². The molecule has 1 saturated carbocycles. The third kappa shape index (κ3) is 5.79. The first-order valence-electron chi connectivity index (χ1n) is 11.2. The zero-order valence-corrected chi connectivity index (χ0v) is 19.3. The molecule has 1 aliphatic carbocycles. The average molecular weight is 481 g/mol. The Kier molecular flexibility index (Phi) is 6.84. The van der Waals surface area contributed by atoms with E-state index in [4.69, 9.17) is 9.47 Å². The number of hydrogen-bond acceptors (Lipinski definition) is 10. The molecule has 34 heavy (non-hydrogen) atoms. The van der Waals surface area contributed by atoms with Gasteiger partial charge in [-0.3, -0.25) is 14.5 Å². The Morgan fingerprint density at radius 3 is 2.71 bits per heavy atom. The van der Waals surface area contributed by atoms with Crippen LogP contribution < -0.4 is 10.1 Å². The Hall–Kier alpha value is -3.28. The van der Waals surface area contributed by atoms with Crippen LogP contribution in [0.5, 0.6) is 5.75 Å². The van der Waals surface area contributed by atoms with Crippen LogP contribution in [0.4, 0.5) is 5.69 Å². The first-order chi connectivity index (χ1) is 16.6. The number of anilines is 1. The van der Waals surface area contributed by atoms with E-state index in [-0.39, 0.29) is 30.8 Å². The van der Waals surface area contributed by atoms with Gasteiger partial charge in [-0.15, -0.1) is 10.2 Å². The quantitative estimate of drug-likeness (QED) is 0.460. The highest BCUT2D eigenvalue weighted by atomic mass is 32.1. The highest BCUT2D eigenvalue weighted by molar-refractivity contribution is 7.14. The van der Waals surface area contributed by atoms with Crippen LogP contribution in [0.2, 0.25) is 0 Å². The molecule has 2 aromatic heterocycles. The van der Waals surface area contributed by atoms with Gasteiger partial charge in [-0.05, 0) is 31.0 Å². The largest absolute Gasteiger partial charge is 0.488 e. The number of ketones is 1. The number of amides is 1. The lowest BCUT2D eigenvalue weighted by Crippen LogP contribution is -2.41. The van der Waals surface area contributed by atoms with Crippen molar-refractivity contribution < 1.29 is 19.1 Å². The second-order valence-corrected chi connectivity index (χ2v) is 9.25. The number of benzene rings is 1. The molecule has 1 saturated heterocycles. The summed E-state index contributed by atoms with van der Waals surface area (Å²) in [4.78, 5) is 35.7. The molecule has 2 aliphatic rings. The Morgan fingerprint density at radius 1 is 1.15 bits per heavy atom. The van der Waals surface area contributed by atoms with Crippen molar-refractivity contribution in [1.29, 1.82) is 0 Å². The molecular formula is C23H24N6O4S. The van der Waals surface area contributed by atoms with E-state index in [1.807, 2.05) is 4.90 Å². The lowest BCUT2D eigenvalue weighted by atomic mass is 10.1. The number of hydrogen-bond donors (Lipinski definition) is 1. The van der Waals surface area contributed by atoms with Crippen LogP contribution in [0.1, 0.15) is 28.2 Å². The molecule has 0 radical (unpaired) electrons. The molecule has 0 spiro atoms. The first-order valence-corrected chi connectivity index (χ1v) is 12.0. The number of ether oxygens (including phenoxy) is 2. The van der Waals surface area contributed by atoms with Crippen molar-refractivity contribution in [2.75, 3.05) is 38.2 Å². The van der Waals surface area contributed by atoms with Crippen LogP contribution in [-0.2, 0) is 16.0 Å². The van der Waals surface area contributed by atoms with Gasteiger partial charge in [0.25, 0.3) is 0 Å². The van der Waals surface area contributed by atoms with E-state index in [1.54, 1.807) is 30.6 Å². The van der Waals surface area contributed by atoms with Gasteiger partial charge in [0.15, 0.2) is 10.8 Å². The summed E-state index contributed by atoms with van der Waals surface area (Å²) < 4.78 is 11.3. The summed E-state index contributed by atoms with van der Waals surface area (Å²) in [5, 5.41) is 12.5. The zero-order chi connectivity index (χ0) is 23.3. The van der Waals surface area contributed by atoms with Crippen molar-refractivity contribution in [2.45, 2.75) is 25.4 Å².